The van der Waals surface area contributed by atoms with Gasteiger partial charge in [0, 0.05) is 11.3 Å². The van der Waals surface area contributed by atoms with Crippen LogP contribution in [0.4, 0.5) is 16.3 Å². The van der Waals surface area contributed by atoms with Crippen LogP contribution in [0, 0.1) is 0 Å². The molecule has 3 N–H and O–H groups in total. The van der Waals surface area contributed by atoms with Crippen molar-refractivity contribution in [3.05, 3.63) is 65.9 Å². The summed E-state index contributed by atoms with van der Waals surface area (Å²) in [7, 11) is -1.07. The highest BCUT2D eigenvalue weighted by Crippen LogP contribution is 2.60. The molecule has 5 rings (SSSR count). The predicted octanol–water partition coefficient (Wildman–Crippen LogP) is 5.91. The van der Waals surface area contributed by atoms with E-state index in [1.54, 1.807) is 4.90 Å². The van der Waals surface area contributed by atoms with Crippen LogP contribution in [0.1, 0.15) is 44.4 Å². The first-order valence-corrected chi connectivity index (χ1v) is 15.2. The van der Waals surface area contributed by atoms with E-state index in [0.717, 1.165) is 47.3 Å². The second kappa shape index (κ2) is 8.69. The molecule has 1 fully saturated rings. The minimum absolute atomic E-state index is 0.0592. The Labute approximate surface area is 214 Å². The molecule has 0 bridgehead atoms. The Hall–Kier alpha value is -3.26. The molecule has 1 aliphatic carbocycles. The monoisotopic (exact) mass is 505 g/mol. The van der Waals surface area contributed by atoms with Crippen LogP contribution in [-0.4, -0.2) is 50.5 Å². The zero-order valence-electron chi connectivity index (χ0n) is 21.6. The number of urea groups is 1. The van der Waals surface area contributed by atoms with Crippen LogP contribution in [0.3, 0.4) is 0 Å². The molecule has 3 aromatic rings. The van der Waals surface area contributed by atoms with Gasteiger partial charge in [-0.25, -0.2) is 14.8 Å². The minimum Gasteiger partial charge on any atom is -0.309 e. The van der Waals surface area contributed by atoms with Crippen LogP contribution in [0.2, 0.25) is 0 Å². The topological polar surface area (TPSA) is 90.1 Å². The van der Waals surface area contributed by atoms with Crippen molar-refractivity contribution in [2.24, 2.45) is 0 Å². The standard InChI is InChI=1S/C28H35N5O2S/c1-27(2)23-22(24(32-31-23)30-25(34)28(15-10-16-28)36(3,4)5)18-33(27)26(35)29-21-14-9-13-20(17-21)19-11-7-6-8-12-19/h6-9,11-14,17H,10,15-16,18H2,1-5H3,(H,29,35)(H2,30,31,32,34). The van der Waals surface area contributed by atoms with Crippen molar-refractivity contribution in [1.82, 2.24) is 15.1 Å². The highest BCUT2D eigenvalue weighted by molar-refractivity contribution is 8.33. The van der Waals surface area contributed by atoms with Gasteiger partial charge < -0.3 is 15.5 Å². The van der Waals surface area contributed by atoms with Gasteiger partial charge in [0.15, 0.2) is 5.82 Å². The van der Waals surface area contributed by atoms with Crippen molar-refractivity contribution < 1.29 is 9.59 Å². The minimum atomic E-state index is -1.07. The highest BCUT2D eigenvalue weighted by Gasteiger charge is 2.51. The molecule has 36 heavy (non-hydrogen) atoms. The number of rotatable bonds is 5. The summed E-state index contributed by atoms with van der Waals surface area (Å²) < 4.78 is -0.298. The number of hydrogen-bond donors (Lipinski definition) is 3. The number of amides is 3. The number of fused-ring (bicyclic) bond motifs is 1. The molecule has 3 amide bonds. The Bertz CT molecular complexity index is 1300. The van der Waals surface area contributed by atoms with Crippen molar-refractivity contribution in [2.75, 3.05) is 29.4 Å². The van der Waals surface area contributed by atoms with Gasteiger partial charge in [-0.2, -0.15) is 5.10 Å². The fourth-order valence-electron chi connectivity index (χ4n) is 5.38. The fraction of sp³-hybridized carbons (Fsp3) is 0.393. The van der Waals surface area contributed by atoms with E-state index in [1.165, 1.54) is 0 Å². The maximum absolute atomic E-state index is 13.4. The van der Waals surface area contributed by atoms with Gasteiger partial charge in [0.05, 0.1) is 22.5 Å². The van der Waals surface area contributed by atoms with Crippen molar-refractivity contribution in [3.8, 4) is 11.1 Å². The lowest BCUT2D eigenvalue weighted by Crippen LogP contribution is -2.51. The van der Waals surface area contributed by atoms with Crippen molar-refractivity contribution in [1.29, 1.82) is 0 Å². The SMILES string of the molecule is CC1(C)c2[nH]nc(NC(=O)C3(S(C)(C)C)CCC3)c2CN1C(=O)Nc1cccc(-c2ccccc2)c1. The number of hydrogen-bond acceptors (Lipinski definition) is 3. The Morgan fingerprint density at radius 3 is 2.31 bits per heavy atom. The third-order valence-corrected chi connectivity index (χ3v) is 10.9. The average molecular weight is 506 g/mol. The zero-order valence-corrected chi connectivity index (χ0v) is 22.5. The molecule has 0 saturated heterocycles. The summed E-state index contributed by atoms with van der Waals surface area (Å²) in [5, 5.41) is 13.7. The number of nitrogens with zero attached hydrogens (tertiary/aromatic N) is 2. The molecule has 0 atom stereocenters. The van der Waals surface area contributed by atoms with Gasteiger partial charge in [-0.1, -0.05) is 42.5 Å². The first-order chi connectivity index (χ1) is 17.0. The summed E-state index contributed by atoms with van der Waals surface area (Å²) in [5.41, 5.74) is 4.00. The Balaban J connectivity index is 1.34. The largest absolute Gasteiger partial charge is 0.322 e. The number of benzene rings is 2. The van der Waals surface area contributed by atoms with Crippen molar-refractivity contribution >= 4 is 33.5 Å². The normalized spacial score (nSPS) is 18.2. The molecule has 8 heteroatoms. The lowest BCUT2D eigenvalue weighted by atomic mass is 9.83. The predicted molar refractivity (Wildman–Crippen MR) is 149 cm³/mol. The number of nitrogens with one attached hydrogen (secondary N) is 3. The van der Waals surface area contributed by atoms with Gasteiger partial charge in [0.1, 0.15) is 0 Å². The van der Waals surface area contributed by atoms with Crippen LogP contribution in [-0.2, 0) is 16.9 Å². The van der Waals surface area contributed by atoms with E-state index in [2.05, 4.69) is 51.7 Å². The fourth-order valence-corrected chi connectivity index (χ4v) is 7.50. The van der Waals surface area contributed by atoms with Gasteiger partial charge in [0.2, 0.25) is 5.91 Å². The van der Waals surface area contributed by atoms with E-state index >= 15 is 0 Å². The molecular weight excluding hydrogens is 470 g/mol. The molecule has 0 spiro atoms. The lowest BCUT2D eigenvalue weighted by molar-refractivity contribution is -0.120. The number of aromatic amines is 1. The third-order valence-electron chi connectivity index (χ3n) is 7.92. The van der Waals surface area contributed by atoms with Crippen LogP contribution >= 0.6 is 10.0 Å². The summed E-state index contributed by atoms with van der Waals surface area (Å²) >= 11 is 0. The molecule has 2 aromatic carbocycles. The molecule has 0 unspecified atom stereocenters. The summed E-state index contributed by atoms with van der Waals surface area (Å²) in [6.45, 7) is 4.36. The Morgan fingerprint density at radius 2 is 1.67 bits per heavy atom. The van der Waals surface area contributed by atoms with E-state index in [1.807, 2.05) is 56.3 Å². The van der Waals surface area contributed by atoms with Gasteiger partial charge in [-0.15, -0.1) is 0 Å². The van der Waals surface area contributed by atoms with Gasteiger partial charge in [0.25, 0.3) is 0 Å². The molecule has 1 aromatic heterocycles. The van der Waals surface area contributed by atoms with Crippen molar-refractivity contribution in [2.45, 2.75) is 49.9 Å². The first-order valence-electron chi connectivity index (χ1n) is 12.3. The Morgan fingerprint density at radius 1 is 0.972 bits per heavy atom. The number of H-pyrrole nitrogens is 1. The number of anilines is 2. The summed E-state index contributed by atoms with van der Waals surface area (Å²) in [4.78, 5) is 28.6. The number of carbonyl (C=O) groups is 2. The van der Waals surface area contributed by atoms with Gasteiger partial charge >= 0.3 is 6.03 Å². The summed E-state index contributed by atoms with van der Waals surface area (Å²) in [6.07, 6.45) is 9.57. The number of aromatic nitrogens is 2. The summed E-state index contributed by atoms with van der Waals surface area (Å²) in [6, 6.07) is 17.8. The molecule has 0 radical (unpaired) electrons. The second-order valence-corrected chi connectivity index (χ2v) is 15.5. The van der Waals surface area contributed by atoms with E-state index in [0.29, 0.717) is 12.4 Å². The maximum atomic E-state index is 13.4. The smallest absolute Gasteiger partial charge is 0.309 e. The first kappa shape index (κ1) is 24.4. The molecular formula is C28H35N5O2S. The second-order valence-electron chi connectivity index (χ2n) is 11.1. The van der Waals surface area contributed by atoms with Crippen LogP contribution in [0.25, 0.3) is 11.1 Å². The lowest BCUT2D eigenvalue weighted by Gasteiger charge is -2.53. The molecule has 2 aliphatic rings. The van der Waals surface area contributed by atoms with Crippen LogP contribution in [0.15, 0.2) is 54.6 Å². The molecule has 2 heterocycles. The third kappa shape index (κ3) is 3.97. The maximum Gasteiger partial charge on any atom is 0.322 e. The van der Waals surface area contributed by atoms with E-state index < -0.39 is 15.6 Å². The molecule has 1 aliphatic heterocycles. The van der Waals surface area contributed by atoms with Gasteiger partial charge in [-0.05, 0) is 75.1 Å². The van der Waals surface area contributed by atoms with Gasteiger partial charge in [-0.3, -0.25) is 9.89 Å². The molecule has 1 saturated carbocycles. The quantitative estimate of drug-likeness (QED) is 0.402. The van der Waals surface area contributed by atoms with E-state index in [-0.39, 0.29) is 16.7 Å². The Kier molecular flexibility index (Phi) is 5.90. The highest BCUT2D eigenvalue weighted by atomic mass is 32.3. The molecule has 7 nitrogen and oxygen atoms in total. The summed E-state index contributed by atoms with van der Waals surface area (Å²) in [5.74, 6) is 0.600. The number of carbonyl (C=O) groups excluding carboxylic acids is 2. The zero-order chi connectivity index (χ0) is 25.7. The van der Waals surface area contributed by atoms with Crippen molar-refractivity contribution in [3.63, 3.8) is 0 Å². The van der Waals surface area contributed by atoms with Crippen LogP contribution < -0.4 is 10.6 Å². The van der Waals surface area contributed by atoms with Crippen LogP contribution in [0.5, 0.6) is 0 Å². The van der Waals surface area contributed by atoms with E-state index in [9.17, 15) is 9.59 Å². The molecule has 190 valence electrons. The average Bonchev–Trinajstić information content (AvgIpc) is 3.30. The van der Waals surface area contributed by atoms with E-state index in [4.69, 9.17) is 0 Å².